The van der Waals surface area contributed by atoms with Crippen LogP contribution in [-0.2, 0) is 16.1 Å². The zero-order valence-electron chi connectivity index (χ0n) is 24.3. The molecule has 1 fully saturated rings. The van der Waals surface area contributed by atoms with Crippen LogP contribution in [-0.4, -0.2) is 66.3 Å². The maximum Gasteiger partial charge on any atom is 0.410 e. The normalized spacial score (nSPS) is 16.0. The molecule has 1 aliphatic heterocycles. The van der Waals surface area contributed by atoms with Crippen molar-refractivity contribution in [2.24, 2.45) is 0 Å². The van der Waals surface area contributed by atoms with Crippen LogP contribution < -0.4 is 4.74 Å². The molecule has 1 heterocycles. The third-order valence-corrected chi connectivity index (χ3v) is 6.51. The van der Waals surface area contributed by atoms with Crippen LogP contribution in [0.25, 0.3) is 6.08 Å². The lowest BCUT2D eigenvalue weighted by atomic mass is 10.0. The molecule has 3 rings (SSSR count). The minimum atomic E-state index is -0.560. The highest BCUT2D eigenvalue weighted by Crippen LogP contribution is 2.27. The Bertz CT molecular complexity index is 1110. The quantitative estimate of drug-likeness (QED) is 0.322. The van der Waals surface area contributed by atoms with E-state index in [1.807, 2.05) is 100 Å². The Kier molecular flexibility index (Phi) is 11.0. The van der Waals surface area contributed by atoms with Gasteiger partial charge in [-0.05, 0) is 77.6 Å². The molecule has 1 aliphatic rings. The van der Waals surface area contributed by atoms with Gasteiger partial charge in [-0.2, -0.15) is 0 Å². The molecule has 0 N–H and O–H groups in total. The second kappa shape index (κ2) is 14.2. The largest absolute Gasteiger partial charge is 0.488 e. The van der Waals surface area contributed by atoms with Gasteiger partial charge in [-0.3, -0.25) is 4.79 Å². The number of likely N-dealkylation sites (tertiary alicyclic amines) is 1. The Morgan fingerprint density at radius 3 is 2.54 bits per heavy atom. The molecule has 7 nitrogen and oxygen atoms in total. The van der Waals surface area contributed by atoms with Crippen LogP contribution in [0.4, 0.5) is 4.79 Å². The third kappa shape index (κ3) is 9.13. The highest BCUT2D eigenvalue weighted by Gasteiger charge is 2.34. The minimum absolute atomic E-state index is 0.0317. The predicted molar refractivity (Wildman–Crippen MR) is 155 cm³/mol. The van der Waals surface area contributed by atoms with Crippen molar-refractivity contribution in [2.75, 3.05) is 26.8 Å². The summed E-state index contributed by atoms with van der Waals surface area (Å²) in [7, 11) is 1.68. The molecule has 2 amide bonds. The van der Waals surface area contributed by atoms with E-state index >= 15 is 0 Å². The Morgan fingerprint density at radius 1 is 1.13 bits per heavy atom. The molecule has 212 valence electrons. The fourth-order valence-electron chi connectivity index (χ4n) is 4.72. The summed E-state index contributed by atoms with van der Waals surface area (Å²) in [5, 5.41) is 0. The molecule has 0 aromatic heterocycles. The average molecular weight is 537 g/mol. The molecule has 2 aromatic carbocycles. The van der Waals surface area contributed by atoms with Gasteiger partial charge >= 0.3 is 6.09 Å². The number of carbonyl (C=O) groups is 2. The molecule has 2 aromatic rings. The summed E-state index contributed by atoms with van der Waals surface area (Å²) >= 11 is 0. The van der Waals surface area contributed by atoms with Crippen molar-refractivity contribution in [1.82, 2.24) is 9.80 Å². The zero-order valence-corrected chi connectivity index (χ0v) is 24.3. The van der Waals surface area contributed by atoms with Gasteiger partial charge in [0.25, 0.3) is 5.91 Å². The Balaban J connectivity index is 1.82. The topological polar surface area (TPSA) is 68.3 Å². The van der Waals surface area contributed by atoms with Crippen LogP contribution in [0.15, 0.2) is 54.6 Å². The Labute approximate surface area is 233 Å². The first-order valence-electron chi connectivity index (χ1n) is 13.9. The van der Waals surface area contributed by atoms with Crippen LogP contribution in [0.2, 0.25) is 0 Å². The lowest BCUT2D eigenvalue weighted by molar-refractivity contribution is 0.00752. The molecule has 0 bridgehead atoms. The van der Waals surface area contributed by atoms with Gasteiger partial charge in [-0.25, -0.2) is 4.79 Å². The maximum absolute atomic E-state index is 13.9. The predicted octanol–water partition coefficient (Wildman–Crippen LogP) is 6.57. The van der Waals surface area contributed by atoms with E-state index in [2.05, 4.69) is 0 Å². The fraction of sp³-hybridized carbons (Fsp3) is 0.500. The van der Waals surface area contributed by atoms with E-state index in [-0.39, 0.29) is 24.1 Å². The van der Waals surface area contributed by atoms with Gasteiger partial charge in [0.2, 0.25) is 0 Å². The second-order valence-electron chi connectivity index (χ2n) is 11.2. The number of methoxy groups -OCH3 is 1. The van der Waals surface area contributed by atoms with E-state index in [0.29, 0.717) is 37.6 Å². The van der Waals surface area contributed by atoms with Crippen molar-refractivity contribution < 1.29 is 23.8 Å². The van der Waals surface area contributed by atoms with E-state index in [0.717, 1.165) is 30.4 Å². The minimum Gasteiger partial charge on any atom is -0.488 e. The monoisotopic (exact) mass is 536 g/mol. The molecule has 0 aliphatic carbocycles. The maximum atomic E-state index is 13.9. The fourth-order valence-corrected chi connectivity index (χ4v) is 4.72. The molecule has 0 radical (unpaired) electrons. The van der Waals surface area contributed by atoms with Gasteiger partial charge in [-0.1, -0.05) is 42.5 Å². The lowest BCUT2D eigenvalue weighted by Crippen LogP contribution is -2.54. The number of amides is 2. The first-order valence-corrected chi connectivity index (χ1v) is 13.9. The standard InChI is InChI=1S/C32H44N2O5/c1-24(2)34(28-16-12-19-33(22-28)31(36)39-32(3,4)5)30(35)27-17-18-29(26(21-27)15-10-11-20-37-6)38-23-25-13-8-7-9-14-25/h7-10,13-15,17-18,21,24,28H,11-12,16,19-20,22-23H2,1-6H3/b15-10+. The summed E-state index contributed by atoms with van der Waals surface area (Å²) in [6, 6.07) is 15.5. The van der Waals surface area contributed by atoms with Crippen molar-refractivity contribution in [3.05, 3.63) is 71.3 Å². The van der Waals surface area contributed by atoms with Gasteiger partial charge in [-0.15, -0.1) is 0 Å². The van der Waals surface area contributed by atoms with E-state index in [9.17, 15) is 9.59 Å². The summed E-state index contributed by atoms with van der Waals surface area (Å²) in [6.45, 7) is 11.8. The van der Waals surface area contributed by atoms with Crippen molar-refractivity contribution in [3.8, 4) is 5.75 Å². The van der Waals surface area contributed by atoms with E-state index < -0.39 is 5.60 Å². The Hall–Kier alpha value is -3.32. The smallest absolute Gasteiger partial charge is 0.410 e. The van der Waals surface area contributed by atoms with Crippen molar-refractivity contribution in [1.29, 1.82) is 0 Å². The molecular weight excluding hydrogens is 492 g/mol. The molecular formula is C32H44N2O5. The highest BCUT2D eigenvalue weighted by atomic mass is 16.6. The van der Waals surface area contributed by atoms with Gasteiger partial charge in [0.15, 0.2) is 0 Å². The summed E-state index contributed by atoms with van der Waals surface area (Å²) in [5.74, 6) is 0.663. The number of ether oxygens (including phenoxy) is 3. The van der Waals surface area contributed by atoms with Crippen LogP contribution in [0.3, 0.4) is 0 Å². The van der Waals surface area contributed by atoms with Gasteiger partial charge in [0, 0.05) is 44.0 Å². The summed E-state index contributed by atoms with van der Waals surface area (Å²) in [6.07, 6.45) is 6.11. The number of piperidine rings is 1. The highest BCUT2D eigenvalue weighted by molar-refractivity contribution is 5.95. The van der Waals surface area contributed by atoms with Gasteiger partial charge < -0.3 is 24.0 Å². The molecule has 0 saturated carbocycles. The molecule has 39 heavy (non-hydrogen) atoms. The van der Waals surface area contributed by atoms with Crippen molar-refractivity contribution in [2.45, 2.75) is 78.2 Å². The van der Waals surface area contributed by atoms with Gasteiger partial charge in [0.05, 0.1) is 6.04 Å². The first-order chi connectivity index (χ1) is 18.6. The number of hydrogen-bond donors (Lipinski definition) is 0. The number of hydrogen-bond acceptors (Lipinski definition) is 5. The second-order valence-corrected chi connectivity index (χ2v) is 11.2. The lowest BCUT2D eigenvalue weighted by Gasteiger charge is -2.41. The van der Waals surface area contributed by atoms with E-state index in [1.54, 1.807) is 12.0 Å². The third-order valence-electron chi connectivity index (χ3n) is 6.51. The van der Waals surface area contributed by atoms with Crippen LogP contribution in [0.5, 0.6) is 5.75 Å². The van der Waals surface area contributed by atoms with Crippen molar-refractivity contribution >= 4 is 18.1 Å². The SMILES string of the molecule is COCC/C=C/c1cc(C(=O)N(C(C)C)C2CCCN(C(=O)OC(C)(C)C)C2)ccc1OCc1ccccc1. The number of benzene rings is 2. The van der Waals surface area contributed by atoms with Crippen LogP contribution in [0, 0.1) is 0 Å². The number of rotatable bonds is 10. The molecule has 1 unspecified atom stereocenters. The molecule has 1 saturated heterocycles. The van der Waals surface area contributed by atoms with E-state index in [1.165, 1.54) is 0 Å². The summed E-state index contributed by atoms with van der Waals surface area (Å²) in [5.41, 5.74) is 1.95. The average Bonchev–Trinajstić information content (AvgIpc) is 2.90. The number of nitrogens with zero attached hydrogens (tertiary/aromatic N) is 2. The van der Waals surface area contributed by atoms with E-state index in [4.69, 9.17) is 14.2 Å². The molecule has 1 atom stereocenters. The number of carbonyl (C=O) groups excluding carboxylic acids is 2. The summed E-state index contributed by atoms with van der Waals surface area (Å²) < 4.78 is 16.9. The van der Waals surface area contributed by atoms with Crippen LogP contribution in [0.1, 0.15) is 75.4 Å². The summed E-state index contributed by atoms with van der Waals surface area (Å²) in [4.78, 5) is 30.3. The zero-order chi connectivity index (χ0) is 28.4. The first kappa shape index (κ1) is 30.2. The van der Waals surface area contributed by atoms with Gasteiger partial charge in [0.1, 0.15) is 18.0 Å². The van der Waals surface area contributed by atoms with Crippen LogP contribution >= 0.6 is 0 Å². The molecule has 7 heteroatoms. The molecule has 0 spiro atoms. The van der Waals surface area contributed by atoms with Crippen molar-refractivity contribution in [3.63, 3.8) is 0 Å². The Morgan fingerprint density at radius 2 is 1.87 bits per heavy atom.